The number of halogens is 1. The molecule has 27 heavy (non-hydrogen) atoms. The molecule has 0 aromatic heterocycles. The van der Waals surface area contributed by atoms with E-state index in [2.05, 4.69) is 19.4 Å². The molecule has 2 fully saturated rings. The zero-order chi connectivity index (χ0) is 19.0. The molecule has 2 atom stereocenters. The summed E-state index contributed by atoms with van der Waals surface area (Å²) in [7, 11) is 4.61. The average Bonchev–Trinajstić information content (AvgIpc) is 2.81. The quantitative estimate of drug-likeness (QED) is 0.725. The number of piperidine rings is 1. The molecule has 0 radical (unpaired) electrons. The summed E-state index contributed by atoms with van der Waals surface area (Å²) in [4.78, 5) is 12.6. The SMILES string of the molecule is C[N+]1(C)C2CCC1CC(OC(=O)Nc1ccc(Cl)cc1-c1ccccc1)C2. The van der Waals surface area contributed by atoms with Crippen molar-refractivity contribution in [1.82, 2.24) is 0 Å². The highest BCUT2D eigenvalue weighted by atomic mass is 35.5. The van der Waals surface area contributed by atoms with Gasteiger partial charge in [0.2, 0.25) is 0 Å². The number of benzene rings is 2. The number of rotatable bonds is 3. The van der Waals surface area contributed by atoms with Crippen LogP contribution in [0.2, 0.25) is 5.02 Å². The molecule has 1 N–H and O–H groups in total. The lowest BCUT2D eigenvalue weighted by Gasteiger charge is -2.43. The number of amides is 1. The Balaban J connectivity index is 1.47. The number of nitrogens with zero attached hydrogens (tertiary/aromatic N) is 1. The molecule has 2 aliphatic heterocycles. The van der Waals surface area contributed by atoms with E-state index in [-0.39, 0.29) is 12.2 Å². The van der Waals surface area contributed by atoms with Gasteiger partial charge in [0.25, 0.3) is 0 Å². The van der Waals surface area contributed by atoms with Crippen molar-refractivity contribution < 1.29 is 14.0 Å². The Morgan fingerprint density at radius 1 is 1.07 bits per heavy atom. The van der Waals surface area contributed by atoms with Crippen molar-refractivity contribution in [2.24, 2.45) is 0 Å². The van der Waals surface area contributed by atoms with Crippen molar-refractivity contribution in [3.63, 3.8) is 0 Å². The van der Waals surface area contributed by atoms with E-state index in [1.165, 1.54) is 12.8 Å². The second kappa shape index (κ2) is 7.17. The number of carbonyl (C=O) groups excluding carboxylic acids is 1. The van der Waals surface area contributed by atoms with Gasteiger partial charge in [-0.25, -0.2) is 4.79 Å². The Bertz CT molecular complexity index is 821. The molecule has 4 rings (SSSR count). The molecular weight excluding hydrogens is 360 g/mol. The van der Waals surface area contributed by atoms with E-state index < -0.39 is 0 Å². The number of anilines is 1. The molecule has 5 heteroatoms. The first kappa shape index (κ1) is 18.3. The van der Waals surface area contributed by atoms with Gasteiger partial charge in [-0.1, -0.05) is 41.9 Å². The van der Waals surface area contributed by atoms with Crippen LogP contribution in [0.3, 0.4) is 0 Å². The normalized spacial score (nSPS) is 25.8. The first-order valence-corrected chi connectivity index (χ1v) is 9.97. The predicted octanol–water partition coefficient (Wildman–Crippen LogP) is 5.33. The lowest BCUT2D eigenvalue weighted by molar-refractivity contribution is -0.931. The van der Waals surface area contributed by atoms with Crippen molar-refractivity contribution in [1.29, 1.82) is 0 Å². The summed E-state index contributed by atoms with van der Waals surface area (Å²) in [6.45, 7) is 0. The second-order valence-corrected chi connectivity index (χ2v) is 8.63. The monoisotopic (exact) mass is 385 g/mol. The molecule has 2 saturated heterocycles. The fraction of sp³-hybridized carbons (Fsp3) is 0.409. The smallest absolute Gasteiger partial charge is 0.411 e. The van der Waals surface area contributed by atoms with E-state index in [0.717, 1.165) is 28.5 Å². The largest absolute Gasteiger partial charge is 0.445 e. The van der Waals surface area contributed by atoms with Gasteiger partial charge in [0.15, 0.2) is 0 Å². The van der Waals surface area contributed by atoms with E-state index in [1.807, 2.05) is 42.5 Å². The van der Waals surface area contributed by atoms with Crippen LogP contribution in [0.25, 0.3) is 11.1 Å². The van der Waals surface area contributed by atoms with Gasteiger partial charge in [-0.2, -0.15) is 0 Å². The third-order valence-corrected chi connectivity index (χ3v) is 6.60. The van der Waals surface area contributed by atoms with E-state index in [1.54, 1.807) is 6.07 Å². The molecular formula is C22H26ClN2O2+. The van der Waals surface area contributed by atoms with Crippen molar-refractivity contribution in [2.45, 2.75) is 43.9 Å². The second-order valence-electron chi connectivity index (χ2n) is 8.19. The topological polar surface area (TPSA) is 38.3 Å². The molecule has 0 spiro atoms. The zero-order valence-electron chi connectivity index (χ0n) is 15.8. The number of ether oxygens (including phenoxy) is 1. The van der Waals surface area contributed by atoms with Gasteiger partial charge in [0, 0.05) is 36.3 Å². The van der Waals surface area contributed by atoms with E-state index in [0.29, 0.717) is 22.8 Å². The van der Waals surface area contributed by atoms with Crippen LogP contribution < -0.4 is 5.32 Å². The number of hydrogen-bond donors (Lipinski definition) is 1. The molecule has 1 amide bonds. The third kappa shape index (κ3) is 3.69. The fourth-order valence-corrected chi connectivity index (χ4v) is 4.87. The van der Waals surface area contributed by atoms with Crippen molar-refractivity contribution >= 4 is 23.4 Å². The molecule has 4 nitrogen and oxygen atoms in total. The molecule has 2 heterocycles. The van der Waals surface area contributed by atoms with Gasteiger partial charge in [-0.3, -0.25) is 5.32 Å². The molecule has 142 valence electrons. The Morgan fingerprint density at radius 3 is 2.41 bits per heavy atom. The number of nitrogens with one attached hydrogen (secondary N) is 1. The summed E-state index contributed by atoms with van der Waals surface area (Å²) in [5.41, 5.74) is 2.61. The maximum absolute atomic E-state index is 12.6. The van der Waals surface area contributed by atoms with Gasteiger partial charge in [-0.05, 0) is 23.8 Å². The molecule has 0 saturated carbocycles. The number of quaternary nitrogens is 1. The summed E-state index contributed by atoms with van der Waals surface area (Å²) < 4.78 is 6.86. The molecule has 2 aliphatic rings. The van der Waals surface area contributed by atoms with Crippen molar-refractivity contribution in [2.75, 3.05) is 19.4 Å². The molecule has 2 aromatic carbocycles. The summed E-state index contributed by atoms with van der Waals surface area (Å²) in [6, 6.07) is 16.6. The highest BCUT2D eigenvalue weighted by molar-refractivity contribution is 6.31. The maximum atomic E-state index is 12.6. The van der Waals surface area contributed by atoms with Crippen LogP contribution in [0.15, 0.2) is 48.5 Å². The average molecular weight is 386 g/mol. The molecule has 2 aromatic rings. The van der Waals surface area contributed by atoms with Crippen molar-refractivity contribution in [3.8, 4) is 11.1 Å². The lowest BCUT2D eigenvalue weighted by atomic mass is 9.98. The zero-order valence-corrected chi connectivity index (χ0v) is 16.6. The van der Waals surface area contributed by atoms with E-state index >= 15 is 0 Å². The van der Waals surface area contributed by atoms with Crippen molar-refractivity contribution in [3.05, 3.63) is 53.6 Å². The fourth-order valence-electron chi connectivity index (χ4n) is 4.70. The summed E-state index contributed by atoms with van der Waals surface area (Å²) in [5.74, 6) is 0. The van der Waals surface area contributed by atoms with E-state index in [4.69, 9.17) is 16.3 Å². The highest BCUT2D eigenvalue weighted by Gasteiger charge is 2.49. The standard InChI is InChI=1S/C22H25ClN2O2/c1-25(2)17-9-10-18(25)14-19(13-17)27-22(26)24-21-11-8-16(23)12-20(21)15-6-4-3-5-7-15/h3-8,11-12,17-19H,9-10,13-14H2,1-2H3/p+1. The van der Waals surface area contributed by atoms with Gasteiger partial charge in [0.1, 0.15) is 6.10 Å². The minimum atomic E-state index is -0.383. The van der Waals surface area contributed by atoms with Gasteiger partial charge in [-0.15, -0.1) is 0 Å². The van der Waals surface area contributed by atoms with E-state index in [9.17, 15) is 4.79 Å². The summed E-state index contributed by atoms with van der Waals surface area (Å²) in [6.07, 6.45) is 3.97. The summed E-state index contributed by atoms with van der Waals surface area (Å²) >= 11 is 6.18. The number of fused-ring (bicyclic) bond motifs is 2. The van der Waals surface area contributed by atoms with Crippen LogP contribution in [0.4, 0.5) is 10.5 Å². The van der Waals surface area contributed by atoms with Gasteiger partial charge >= 0.3 is 6.09 Å². The first-order valence-electron chi connectivity index (χ1n) is 9.59. The Hall–Kier alpha value is -2.04. The lowest BCUT2D eigenvalue weighted by Crippen LogP contribution is -2.56. The highest BCUT2D eigenvalue weighted by Crippen LogP contribution is 2.40. The third-order valence-electron chi connectivity index (χ3n) is 6.36. The van der Waals surface area contributed by atoms with Crippen LogP contribution >= 0.6 is 11.6 Å². The van der Waals surface area contributed by atoms with Gasteiger partial charge in [0.05, 0.1) is 31.9 Å². The Morgan fingerprint density at radius 2 is 1.74 bits per heavy atom. The Labute approximate surface area is 165 Å². The minimum absolute atomic E-state index is 0.00104. The van der Waals surface area contributed by atoms with Crippen LogP contribution in [0.1, 0.15) is 25.7 Å². The minimum Gasteiger partial charge on any atom is -0.445 e. The first-order chi connectivity index (χ1) is 12.9. The maximum Gasteiger partial charge on any atom is 0.411 e. The summed E-state index contributed by atoms with van der Waals surface area (Å²) in [5, 5.41) is 3.57. The molecule has 2 bridgehead atoms. The van der Waals surface area contributed by atoms with Crippen LogP contribution in [-0.4, -0.2) is 42.9 Å². The Kier molecular flexibility index (Phi) is 4.87. The van der Waals surface area contributed by atoms with Crippen LogP contribution in [0.5, 0.6) is 0 Å². The number of hydrogen-bond acceptors (Lipinski definition) is 2. The molecule has 2 unspecified atom stereocenters. The number of carbonyl (C=O) groups is 1. The van der Waals surface area contributed by atoms with Crippen LogP contribution in [0, 0.1) is 0 Å². The predicted molar refractivity (Wildman–Crippen MR) is 109 cm³/mol. The van der Waals surface area contributed by atoms with Crippen LogP contribution in [-0.2, 0) is 4.74 Å². The molecule has 0 aliphatic carbocycles. The van der Waals surface area contributed by atoms with Gasteiger partial charge < -0.3 is 9.22 Å².